The molecular weight excluding hydrogens is 288 g/mol. The monoisotopic (exact) mass is 304 g/mol. The number of benzene rings is 1. The molecule has 0 radical (unpaired) electrons. The van der Waals surface area contributed by atoms with Crippen molar-refractivity contribution in [3.05, 3.63) is 46.7 Å². The molecule has 1 aliphatic rings. The van der Waals surface area contributed by atoms with Gasteiger partial charge < -0.3 is 10.6 Å². The summed E-state index contributed by atoms with van der Waals surface area (Å²) in [6, 6.07) is 5.08. The van der Waals surface area contributed by atoms with Crippen LogP contribution in [0.2, 0.25) is 5.02 Å². The van der Waals surface area contributed by atoms with E-state index in [0.717, 1.165) is 24.9 Å². The van der Waals surface area contributed by atoms with Crippen LogP contribution in [0.1, 0.15) is 34.8 Å². The molecule has 1 fully saturated rings. The predicted molar refractivity (Wildman–Crippen MR) is 82.1 cm³/mol. The Morgan fingerprint density at radius 1 is 1.48 bits per heavy atom. The molecule has 2 heterocycles. The number of nitrogens with zero attached hydrogens (tertiary/aromatic N) is 3. The predicted octanol–water partition coefficient (Wildman–Crippen LogP) is 2.63. The Kier molecular flexibility index (Phi) is 3.59. The average molecular weight is 305 g/mol. The molecule has 6 heteroatoms. The molecule has 0 saturated carbocycles. The minimum atomic E-state index is -0.0497. The van der Waals surface area contributed by atoms with Crippen LogP contribution in [-0.2, 0) is 7.05 Å². The number of aryl methyl sites for hydroxylation is 1. The van der Waals surface area contributed by atoms with E-state index >= 15 is 0 Å². The maximum Gasteiger partial charge on any atom is 0.255 e. The van der Waals surface area contributed by atoms with Gasteiger partial charge in [0.05, 0.1) is 22.8 Å². The Bertz CT molecular complexity index is 682. The first-order valence-corrected chi connectivity index (χ1v) is 7.28. The first-order valence-electron chi connectivity index (χ1n) is 6.91. The number of hydrogen-bond donors (Lipinski definition) is 1. The lowest BCUT2D eigenvalue weighted by atomic mass is 10.1. The molecule has 1 aliphatic heterocycles. The summed E-state index contributed by atoms with van der Waals surface area (Å²) in [6.45, 7) is 0.735. The molecule has 1 saturated heterocycles. The van der Waals surface area contributed by atoms with Crippen molar-refractivity contribution < 1.29 is 4.79 Å². The fourth-order valence-electron chi connectivity index (χ4n) is 2.83. The Morgan fingerprint density at radius 2 is 2.29 bits per heavy atom. The molecule has 110 valence electrons. The quantitative estimate of drug-likeness (QED) is 0.868. The number of likely N-dealkylation sites (tertiary alicyclic amines) is 1. The van der Waals surface area contributed by atoms with Gasteiger partial charge in [0.15, 0.2) is 0 Å². The molecule has 1 unspecified atom stereocenters. The summed E-state index contributed by atoms with van der Waals surface area (Å²) in [5, 5.41) is 4.59. The van der Waals surface area contributed by atoms with Crippen molar-refractivity contribution in [2.24, 2.45) is 7.05 Å². The number of anilines is 1. The van der Waals surface area contributed by atoms with Crippen LogP contribution in [0.3, 0.4) is 0 Å². The third kappa shape index (κ3) is 2.61. The molecule has 3 rings (SSSR count). The highest BCUT2D eigenvalue weighted by Gasteiger charge is 2.32. The normalized spacial score (nSPS) is 18.2. The van der Waals surface area contributed by atoms with Crippen molar-refractivity contribution in [2.45, 2.75) is 18.9 Å². The lowest BCUT2D eigenvalue weighted by molar-refractivity contribution is 0.0736. The van der Waals surface area contributed by atoms with Gasteiger partial charge in [-0.15, -0.1) is 0 Å². The standard InChI is InChI=1S/C15H17ClN4O/c1-19-9-10(8-18-19)14-3-2-6-20(14)15(21)12-5-4-11(17)7-13(12)16/h4-5,7-9,14H,2-3,6,17H2,1H3. The molecule has 1 amide bonds. The lowest BCUT2D eigenvalue weighted by Gasteiger charge is -2.24. The zero-order valence-electron chi connectivity index (χ0n) is 11.8. The van der Waals surface area contributed by atoms with Gasteiger partial charge in [-0.2, -0.15) is 5.10 Å². The summed E-state index contributed by atoms with van der Waals surface area (Å²) >= 11 is 6.16. The van der Waals surface area contributed by atoms with Crippen LogP contribution in [0.4, 0.5) is 5.69 Å². The number of hydrogen-bond acceptors (Lipinski definition) is 3. The van der Waals surface area contributed by atoms with Crippen LogP contribution in [0.5, 0.6) is 0 Å². The number of aromatic nitrogens is 2. The second-order valence-electron chi connectivity index (χ2n) is 5.34. The Hall–Kier alpha value is -2.01. The molecule has 0 spiro atoms. The lowest BCUT2D eigenvalue weighted by Crippen LogP contribution is -2.30. The van der Waals surface area contributed by atoms with E-state index in [4.69, 9.17) is 17.3 Å². The summed E-state index contributed by atoms with van der Waals surface area (Å²) in [7, 11) is 1.88. The smallest absolute Gasteiger partial charge is 0.255 e. The van der Waals surface area contributed by atoms with Crippen molar-refractivity contribution in [2.75, 3.05) is 12.3 Å². The van der Waals surface area contributed by atoms with Gasteiger partial charge in [-0.1, -0.05) is 11.6 Å². The zero-order valence-corrected chi connectivity index (χ0v) is 12.5. The molecular formula is C15H17ClN4O. The van der Waals surface area contributed by atoms with E-state index < -0.39 is 0 Å². The van der Waals surface area contributed by atoms with Crippen LogP contribution in [0.15, 0.2) is 30.6 Å². The number of carbonyl (C=O) groups is 1. The zero-order chi connectivity index (χ0) is 15.0. The first-order chi connectivity index (χ1) is 10.1. The number of amides is 1. The summed E-state index contributed by atoms with van der Waals surface area (Å²) in [6.07, 6.45) is 5.71. The van der Waals surface area contributed by atoms with Crippen LogP contribution < -0.4 is 5.73 Å². The van der Waals surface area contributed by atoms with Crippen LogP contribution in [0.25, 0.3) is 0 Å². The molecule has 0 bridgehead atoms. The van der Waals surface area contributed by atoms with E-state index in [9.17, 15) is 4.79 Å². The fraction of sp³-hybridized carbons (Fsp3) is 0.333. The first kappa shape index (κ1) is 13.9. The van der Waals surface area contributed by atoms with Gasteiger partial charge in [-0.3, -0.25) is 9.48 Å². The van der Waals surface area contributed by atoms with Gasteiger partial charge in [0.25, 0.3) is 5.91 Å². The Labute approximate surface area is 128 Å². The topological polar surface area (TPSA) is 64.2 Å². The average Bonchev–Trinajstić information content (AvgIpc) is 3.06. The van der Waals surface area contributed by atoms with Crippen LogP contribution in [0, 0.1) is 0 Å². The molecule has 2 aromatic rings. The summed E-state index contributed by atoms with van der Waals surface area (Å²) < 4.78 is 1.76. The van der Waals surface area contributed by atoms with Gasteiger partial charge in [-0.25, -0.2) is 0 Å². The highest BCUT2D eigenvalue weighted by atomic mass is 35.5. The number of carbonyl (C=O) groups excluding carboxylic acids is 1. The third-order valence-corrected chi connectivity index (χ3v) is 4.16. The van der Waals surface area contributed by atoms with E-state index in [2.05, 4.69) is 5.10 Å². The Balaban J connectivity index is 1.89. The Morgan fingerprint density at radius 3 is 2.95 bits per heavy atom. The molecule has 21 heavy (non-hydrogen) atoms. The maximum atomic E-state index is 12.7. The molecule has 5 nitrogen and oxygen atoms in total. The number of nitrogen functional groups attached to an aromatic ring is 1. The van der Waals surface area contributed by atoms with Gasteiger partial charge >= 0.3 is 0 Å². The number of rotatable bonds is 2. The summed E-state index contributed by atoms with van der Waals surface area (Å²) in [5.74, 6) is -0.0497. The molecule has 0 aliphatic carbocycles. The summed E-state index contributed by atoms with van der Waals surface area (Å²) in [4.78, 5) is 14.6. The summed E-state index contributed by atoms with van der Waals surface area (Å²) in [5.41, 5.74) is 7.81. The van der Waals surface area contributed by atoms with Gasteiger partial charge in [0, 0.05) is 31.0 Å². The maximum absolute atomic E-state index is 12.7. The molecule has 1 aromatic carbocycles. The largest absolute Gasteiger partial charge is 0.399 e. The minimum Gasteiger partial charge on any atom is -0.399 e. The molecule has 1 aromatic heterocycles. The van der Waals surface area contributed by atoms with E-state index in [-0.39, 0.29) is 11.9 Å². The van der Waals surface area contributed by atoms with Crippen LogP contribution in [-0.4, -0.2) is 27.1 Å². The second kappa shape index (κ2) is 5.41. The van der Waals surface area contributed by atoms with Gasteiger partial charge in [0.1, 0.15) is 0 Å². The number of halogens is 1. The minimum absolute atomic E-state index is 0.0497. The van der Waals surface area contributed by atoms with Gasteiger partial charge in [-0.05, 0) is 31.0 Å². The van der Waals surface area contributed by atoms with E-state index in [1.165, 1.54) is 0 Å². The SMILES string of the molecule is Cn1cc(C2CCCN2C(=O)c2ccc(N)cc2Cl)cn1. The molecule has 2 N–H and O–H groups in total. The van der Waals surface area contributed by atoms with Crippen molar-refractivity contribution >= 4 is 23.2 Å². The van der Waals surface area contributed by atoms with E-state index in [0.29, 0.717) is 16.3 Å². The van der Waals surface area contributed by atoms with Crippen molar-refractivity contribution in [3.63, 3.8) is 0 Å². The van der Waals surface area contributed by atoms with Crippen molar-refractivity contribution in [1.82, 2.24) is 14.7 Å². The highest BCUT2D eigenvalue weighted by molar-refractivity contribution is 6.34. The van der Waals surface area contributed by atoms with E-state index in [1.807, 2.05) is 24.3 Å². The van der Waals surface area contributed by atoms with Crippen LogP contribution >= 0.6 is 11.6 Å². The fourth-order valence-corrected chi connectivity index (χ4v) is 3.10. The van der Waals surface area contributed by atoms with Crippen molar-refractivity contribution in [1.29, 1.82) is 0 Å². The van der Waals surface area contributed by atoms with Gasteiger partial charge in [0.2, 0.25) is 0 Å². The highest BCUT2D eigenvalue weighted by Crippen LogP contribution is 2.34. The van der Waals surface area contributed by atoms with E-state index in [1.54, 1.807) is 22.9 Å². The number of nitrogens with two attached hydrogens (primary N) is 1. The van der Waals surface area contributed by atoms with Crippen molar-refractivity contribution in [3.8, 4) is 0 Å². The molecule has 1 atom stereocenters. The second-order valence-corrected chi connectivity index (χ2v) is 5.75. The third-order valence-electron chi connectivity index (χ3n) is 3.85.